The first kappa shape index (κ1) is 18.9. The quantitative estimate of drug-likeness (QED) is 0.780. The molecule has 0 heterocycles. The van der Waals surface area contributed by atoms with Crippen LogP contribution in [0.25, 0.3) is 0 Å². The van der Waals surface area contributed by atoms with Crippen molar-refractivity contribution in [2.75, 3.05) is 13.7 Å². The molecule has 0 saturated carbocycles. The average Bonchev–Trinajstić information content (AvgIpc) is 2.64. The van der Waals surface area contributed by atoms with E-state index in [2.05, 4.69) is 17.2 Å². The Labute approximate surface area is 151 Å². The van der Waals surface area contributed by atoms with Crippen molar-refractivity contribution < 1.29 is 24.2 Å². The van der Waals surface area contributed by atoms with Crippen LogP contribution in [0.2, 0.25) is 0 Å². The number of hydrogen-bond acceptors (Lipinski definition) is 4. The molecule has 0 atom stereocenters. The van der Waals surface area contributed by atoms with Gasteiger partial charge in [0.1, 0.15) is 12.4 Å². The van der Waals surface area contributed by atoms with Gasteiger partial charge in [0.15, 0.2) is 0 Å². The zero-order chi connectivity index (χ0) is 18.8. The number of ether oxygens (including phenoxy) is 2. The summed E-state index contributed by atoms with van der Waals surface area (Å²) in [6.07, 6.45) is -0.701. The molecule has 2 aromatic rings. The summed E-state index contributed by atoms with van der Waals surface area (Å²) < 4.78 is 10.2. The van der Waals surface area contributed by atoms with Gasteiger partial charge in [0.25, 0.3) is 0 Å². The van der Waals surface area contributed by atoms with E-state index < -0.39 is 12.1 Å². The Kier molecular flexibility index (Phi) is 7.07. The number of carbonyl (C=O) groups is 2. The molecule has 26 heavy (non-hydrogen) atoms. The second kappa shape index (κ2) is 9.74. The molecule has 0 aliphatic rings. The molecule has 0 radical (unpaired) electrons. The molecular formula is C20H19NO5. The molecule has 2 aromatic carbocycles. The Hall–Kier alpha value is -3.46. The van der Waals surface area contributed by atoms with Gasteiger partial charge in [-0.15, -0.1) is 0 Å². The van der Waals surface area contributed by atoms with E-state index in [1.165, 1.54) is 7.11 Å². The maximum absolute atomic E-state index is 11.6. The Bertz CT molecular complexity index is 821. The van der Waals surface area contributed by atoms with Crippen LogP contribution in [-0.4, -0.2) is 30.8 Å². The number of benzene rings is 2. The van der Waals surface area contributed by atoms with Gasteiger partial charge in [-0.2, -0.15) is 0 Å². The first-order valence-corrected chi connectivity index (χ1v) is 7.90. The van der Waals surface area contributed by atoms with E-state index in [1.54, 1.807) is 18.2 Å². The number of aliphatic carboxylic acids is 1. The van der Waals surface area contributed by atoms with E-state index in [4.69, 9.17) is 14.6 Å². The summed E-state index contributed by atoms with van der Waals surface area (Å²) >= 11 is 0. The monoisotopic (exact) mass is 353 g/mol. The summed E-state index contributed by atoms with van der Waals surface area (Å²) in [4.78, 5) is 22.5. The summed E-state index contributed by atoms with van der Waals surface area (Å²) in [6, 6.07) is 14.4. The van der Waals surface area contributed by atoms with Crippen LogP contribution in [0.1, 0.15) is 16.7 Å². The van der Waals surface area contributed by atoms with E-state index in [9.17, 15) is 9.59 Å². The number of methoxy groups -OCH3 is 1. The maximum Gasteiger partial charge on any atom is 0.408 e. The van der Waals surface area contributed by atoms with Gasteiger partial charge >= 0.3 is 12.1 Å². The van der Waals surface area contributed by atoms with Gasteiger partial charge in [-0.25, -0.2) is 4.79 Å². The number of carboxylic acids is 1. The van der Waals surface area contributed by atoms with Crippen LogP contribution < -0.4 is 10.1 Å². The highest BCUT2D eigenvalue weighted by Crippen LogP contribution is 2.20. The Morgan fingerprint density at radius 2 is 1.92 bits per heavy atom. The number of alkyl carbamates (subject to hydrolysis) is 1. The van der Waals surface area contributed by atoms with Gasteiger partial charge < -0.3 is 19.9 Å². The second-order valence-electron chi connectivity index (χ2n) is 5.31. The number of amides is 1. The van der Waals surface area contributed by atoms with E-state index in [1.807, 2.05) is 30.3 Å². The smallest absolute Gasteiger partial charge is 0.408 e. The van der Waals surface area contributed by atoms with Crippen LogP contribution >= 0.6 is 0 Å². The Morgan fingerprint density at radius 3 is 2.62 bits per heavy atom. The molecule has 0 fully saturated rings. The number of nitrogens with one attached hydrogen (secondary N) is 1. The summed E-state index contributed by atoms with van der Waals surface area (Å²) in [5.74, 6) is 5.22. The molecular weight excluding hydrogens is 334 g/mol. The molecule has 1 amide bonds. The van der Waals surface area contributed by atoms with Crippen molar-refractivity contribution in [1.82, 2.24) is 5.32 Å². The normalized spacial score (nSPS) is 9.58. The lowest BCUT2D eigenvalue weighted by atomic mass is 10.1. The van der Waals surface area contributed by atoms with Crippen molar-refractivity contribution in [2.24, 2.45) is 0 Å². The highest BCUT2D eigenvalue weighted by molar-refractivity contribution is 5.71. The fraction of sp³-hybridized carbons (Fsp3) is 0.200. The number of hydrogen-bond donors (Lipinski definition) is 2. The lowest BCUT2D eigenvalue weighted by molar-refractivity contribution is -0.136. The predicted molar refractivity (Wildman–Crippen MR) is 95.8 cm³/mol. The van der Waals surface area contributed by atoms with Crippen LogP contribution in [0.15, 0.2) is 48.5 Å². The standard InChI is InChI=1S/C20H19NO5/c1-25-18-10-9-15(12-17(18)13-19(22)23)8-5-11-21-20(24)26-14-16-6-3-2-4-7-16/h2-4,6-7,9-10,12H,11,13-14H2,1H3,(H,21,24)(H,22,23). The summed E-state index contributed by atoms with van der Waals surface area (Å²) in [7, 11) is 1.48. The molecule has 0 unspecified atom stereocenters. The van der Waals surface area contributed by atoms with E-state index in [0.29, 0.717) is 16.9 Å². The van der Waals surface area contributed by atoms with Gasteiger partial charge in [0, 0.05) is 11.1 Å². The molecule has 134 valence electrons. The van der Waals surface area contributed by atoms with Crippen molar-refractivity contribution in [3.63, 3.8) is 0 Å². The van der Waals surface area contributed by atoms with Crippen molar-refractivity contribution in [2.45, 2.75) is 13.0 Å². The third kappa shape index (κ3) is 6.21. The van der Waals surface area contributed by atoms with Gasteiger partial charge in [-0.1, -0.05) is 42.2 Å². The minimum Gasteiger partial charge on any atom is -0.496 e. The van der Waals surface area contributed by atoms with Crippen molar-refractivity contribution in [1.29, 1.82) is 0 Å². The first-order chi connectivity index (χ1) is 12.6. The van der Waals surface area contributed by atoms with Crippen LogP contribution in [-0.2, 0) is 22.6 Å². The largest absolute Gasteiger partial charge is 0.496 e. The minimum absolute atomic E-state index is 0.119. The average molecular weight is 353 g/mol. The topological polar surface area (TPSA) is 84.9 Å². The molecule has 2 N–H and O–H groups in total. The van der Waals surface area contributed by atoms with E-state index in [0.717, 1.165) is 5.56 Å². The highest BCUT2D eigenvalue weighted by atomic mass is 16.5. The summed E-state index contributed by atoms with van der Waals surface area (Å²) in [5.41, 5.74) is 2.08. The van der Waals surface area contributed by atoms with Crippen LogP contribution in [0.4, 0.5) is 4.79 Å². The summed E-state index contributed by atoms with van der Waals surface area (Å²) in [6.45, 7) is 0.311. The highest BCUT2D eigenvalue weighted by Gasteiger charge is 2.08. The van der Waals surface area contributed by atoms with Crippen molar-refractivity contribution in [3.8, 4) is 17.6 Å². The van der Waals surface area contributed by atoms with Crippen molar-refractivity contribution >= 4 is 12.1 Å². The molecule has 0 spiro atoms. The van der Waals surface area contributed by atoms with Crippen LogP contribution in [0, 0.1) is 11.8 Å². The van der Waals surface area contributed by atoms with Gasteiger partial charge in [-0.3, -0.25) is 4.79 Å². The molecule has 0 bridgehead atoms. The lowest BCUT2D eigenvalue weighted by Gasteiger charge is -2.06. The fourth-order valence-electron chi connectivity index (χ4n) is 2.19. The lowest BCUT2D eigenvalue weighted by Crippen LogP contribution is -2.24. The Balaban J connectivity index is 1.85. The molecule has 6 heteroatoms. The summed E-state index contributed by atoms with van der Waals surface area (Å²) in [5, 5.41) is 11.5. The maximum atomic E-state index is 11.6. The third-order valence-electron chi connectivity index (χ3n) is 3.39. The molecule has 0 saturated heterocycles. The molecule has 0 aliphatic heterocycles. The number of carbonyl (C=O) groups excluding carboxylic acids is 1. The molecule has 6 nitrogen and oxygen atoms in total. The molecule has 2 rings (SSSR count). The van der Waals surface area contributed by atoms with E-state index in [-0.39, 0.29) is 19.6 Å². The van der Waals surface area contributed by atoms with Gasteiger partial charge in [0.2, 0.25) is 0 Å². The molecule has 0 aliphatic carbocycles. The van der Waals surface area contributed by atoms with Crippen LogP contribution in [0.5, 0.6) is 5.75 Å². The Morgan fingerprint density at radius 1 is 1.15 bits per heavy atom. The van der Waals surface area contributed by atoms with Crippen LogP contribution in [0.3, 0.4) is 0 Å². The first-order valence-electron chi connectivity index (χ1n) is 7.90. The zero-order valence-corrected chi connectivity index (χ0v) is 14.3. The number of rotatable bonds is 6. The fourth-order valence-corrected chi connectivity index (χ4v) is 2.19. The molecule has 0 aromatic heterocycles. The second-order valence-corrected chi connectivity index (χ2v) is 5.31. The predicted octanol–water partition coefficient (Wildman–Crippen LogP) is 2.60. The van der Waals surface area contributed by atoms with Crippen molar-refractivity contribution in [3.05, 3.63) is 65.2 Å². The van der Waals surface area contributed by atoms with Gasteiger partial charge in [0.05, 0.1) is 20.1 Å². The number of carboxylic acid groups (broad SMARTS) is 1. The SMILES string of the molecule is COc1ccc(C#CCNC(=O)OCc2ccccc2)cc1CC(=O)O. The third-order valence-corrected chi connectivity index (χ3v) is 3.39. The minimum atomic E-state index is -0.948. The van der Waals surface area contributed by atoms with E-state index >= 15 is 0 Å². The zero-order valence-electron chi connectivity index (χ0n) is 14.3. The van der Waals surface area contributed by atoms with Gasteiger partial charge in [-0.05, 0) is 23.8 Å².